The quantitative estimate of drug-likeness (QED) is 0.802. The molecule has 0 bridgehead atoms. The van der Waals surface area contributed by atoms with Gasteiger partial charge in [-0.1, -0.05) is 15.9 Å². The normalized spacial score (nSPS) is 12.9. The van der Waals surface area contributed by atoms with Crippen molar-refractivity contribution in [1.82, 2.24) is 9.71 Å². The van der Waals surface area contributed by atoms with E-state index in [2.05, 4.69) is 31.0 Å². The van der Waals surface area contributed by atoms with Gasteiger partial charge in [0.2, 0.25) is 15.9 Å². The number of hydrogen-bond acceptors (Lipinski definition) is 5. The highest BCUT2D eigenvalue weighted by Gasteiger charge is 2.22. The monoisotopic (exact) mass is 403 g/mol. The number of rotatable bonds is 5. The van der Waals surface area contributed by atoms with Crippen molar-refractivity contribution in [2.24, 2.45) is 0 Å². The first kappa shape index (κ1) is 17.1. The number of hydrogen-bond donors (Lipinski definition) is 2. The highest BCUT2D eigenvalue weighted by Crippen LogP contribution is 2.17. The van der Waals surface area contributed by atoms with E-state index in [0.29, 0.717) is 5.13 Å². The van der Waals surface area contributed by atoms with Gasteiger partial charge < -0.3 is 5.32 Å². The van der Waals surface area contributed by atoms with Crippen LogP contribution in [0.1, 0.15) is 11.8 Å². The molecule has 1 aromatic carbocycles. The Morgan fingerprint density at radius 1 is 1.32 bits per heavy atom. The van der Waals surface area contributed by atoms with Gasteiger partial charge in [0.15, 0.2) is 5.13 Å². The van der Waals surface area contributed by atoms with E-state index in [0.717, 1.165) is 9.35 Å². The summed E-state index contributed by atoms with van der Waals surface area (Å²) in [6.07, 6.45) is 1.64. The summed E-state index contributed by atoms with van der Waals surface area (Å²) in [6.45, 7) is 3.35. The van der Waals surface area contributed by atoms with Gasteiger partial charge in [-0.2, -0.15) is 4.72 Å². The SMILES string of the molecule is Cc1cnc(NC(=O)[C@@H](C)NS(=O)(=O)c2ccc(Br)cc2)s1. The molecule has 1 atom stereocenters. The molecule has 1 aromatic heterocycles. The summed E-state index contributed by atoms with van der Waals surface area (Å²) in [6, 6.07) is 5.25. The zero-order chi connectivity index (χ0) is 16.3. The fraction of sp³-hybridized carbons (Fsp3) is 0.231. The highest BCUT2D eigenvalue weighted by atomic mass is 79.9. The number of anilines is 1. The molecule has 2 N–H and O–H groups in total. The van der Waals surface area contributed by atoms with Gasteiger partial charge in [0.25, 0.3) is 0 Å². The number of benzene rings is 1. The molecule has 6 nitrogen and oxygen atoms in total. The van der Waals surface area contributed by atoms with Gasteiger partial charge in [0, 0.05) is 15.5 Å². The van der Waals surface area contributed by atoms with E-state index in [1.807, 2.05) is 6.92 Å². The maximum Gasteiger partial charge on any atom is 0.244 e. The Morgan fingerprint density at radius 3 is 2.50 bits per heavy atom. The standard InChI is InChI=1S/C13H14BrN3O3S2/c1-8-7-15-13(21-8)16-12(18)9(2)17-22(19,20)11-5-3-10(14)4-6-11/h3-7,9,17H,1-2H3,(H,15,16,18)/t9-/m1/s1. The zero-order valence-electron chi connectivity index (χ0n) is 11.8. The predicted molar refractivity (Wildman–Crippen MR) is 89.4 cm³/mol. The molecule has 0 spiro atoms. The van der Waals surface area contributed by atoms with Crippen LogP contribution in [0.15, 0.2) is 39.8 Å². The highest BCUT2D eigenvalue weighted by molar-refractivity contribution is 9.10. The van der Waals surface area contributed by atoms with Gasteiger partial charge >= 0.3 is 0 Å². The lowest BCUT2D eigenvalue weighted by Gasteiger charge is -2.13. The van der Waals surface area contributed by atoms with Crippen LogP contribution in [0, 0.1) is 6.92 Å². The first-order valence-corrected chi connectivity index (χ1v) is 9.38. The van der Waals surface area contributed by atoms with Crippen molar-refractivity contribution in [1.29, 1.82) is 0 Å². The second kappa shape index (κ2) is 6.86. The average Bonchev–Trinajstić information content (AvgIpc) is 2.84. The molecule has 0 aliphatic carbocycles. The number of carbonyl (C=O) groups is 1. The van der Waals surface area contributed by atoms with Crippen molar-refractivity contribution in [3.05, 3.63) is 39.8 Å². The zero-order valence-corrected chi connectivity index (χ0v) is 15.0. The molecular weight excluding hydrogens is 390 g/mol. The van der Waals surface area contributed by atoms with E-state index in [1.54, 1.807) is 18.3 Å². The van der Waals surface area contributed by atoms with Crippen molar-refractivity contribution < 1.29 is 13.2 Å². The lowest BCUT2D eigenvalue weighted by Crippen LogP contribution is -2.41. The Morgan fingerprint density at radius 2 is 1.95 bits per heavy atom. The molecule has 0 saturated heterocycles. The number of amides is 1. The second-order valence-electron chi connectivity index (χ2n) is 4.56. The fourth-order valence-electron chi connectivity index (χ4n) is 1.59. The Bertz CT molecular complexity index is 772. The molecule has 0 saturated carbocycles. The summed E-state index contributed by atoms with van der Waals surface area (Å²) in [5.74, 6) is -0.463. The largest absolute Gasteiger partial charge is 0.301 e. The van der Waals surface area contributed by atoms with E-state index < -0.39 is 22.0 Å². The fourth-order valence-corrected chi connectivity index (χ4v) is 3.73. The molecule has 2 aromatic rings. The Balaban J connectivity index is 2.05. The van der Waals surface area contributed by atoms with Crippen LogP contribution in [0.25, 0.3) is 0 Å². The molecule has 0 radical (unpaired) electrons. The van der Waals surface area contributed by atoms with Crippen LogP contribution >= 0.6 is 27.3 Å². The Hall–Kier alpha value is -1.29. The lowest BCUT2D eigenvalue weighted by molar-refractivity contribution is -0.117. The van der Waals surface area contributed by atoms with Crippen LogP contribution in [-0.4, -0.2) is 25.4 Å². The van der Waals surface area contributed by atoms with Crippen LogP contribution in [0.5, 0.6) is 0 Å². The number of nitrogens with zero attached hydrogens (tertiary/aromatic N) is 1. The van der Waals surface area contributed by atoms with Gasteiger partial charge in [-0.15, -0.1) is 11.3 Å². The van der Waals surface area contributed by atoms with Crippen LogP contribution in [0.4, 0.5) is 5.13 Å². The molecule has 0 aliphatic heterocycles. The van der Waals surface area contributed by atoms with Crippen LogP contribution in [-0.2, 0) is 14.8 Å². The molecular formula is C13H14BrN3O3S2. The Kier molecular flexibility index (Phi) is 5.32. The van der Waals surface area contributed by atoms with E-state index in [-0.39, 0.29) is 4.90 Å². The average molecular weight is 404 g/mol. The summed E-state index contributed by atoms with van der Waals surface area (Å²) in [7, 11) is -3.76. The first-order chi connectivity index (χ1) is 10.3. The van der Waals surface area contributed by atoms with E-state index in [4.69, 9.17) is 0 Å². The third-order valence-electron chi connectivity index (χ3n) is 2.70. The number of nitrogens with one attached hydrogen (secondary N) is 2. The number of aromatic nitrogens is 1. The molecule has 0 fully saturated rings. The molecule has 9 heteroatoms. The molecule has 22 heavy (non-hydrogen) atoms. The number of carbonyl (C=O) groups excluding carboxylic acids is 1. The first-order valence-electron chi connectivity index (χ1n) is 6.29. The molecule has 118 valence electrons. The van der Waals surface area contributed by atoms with Gasteiger partial charge in [0.1, 0.15) is 0 Å². The summed E-state index contributed by atoms with van der Waals surface area (Å²) in [5.41, 5.74) is 0. The van der Waals surface area contributed by atoms with Crippen molar-refractivity contribution >= 4 is 48.3 Å². The third kappa shape index (κ3) is 4.35. The summed E-state index contributed by atoms with van der Waals surface area (Å²) in [5, 5.41) is 3.02. The number of halogens is 1. The van der Waals surface area contributed by atoms with E-state index in [9.17, 15) is 13.2 Å². The molecule has 2 rings (SSSR count). The van der Waals surface area contributed by atoms with Crippen molar-refractivity contribution in [3.8, 4) is 0 Å². The number of sulfonamides is 1. The van der Waals surface area contributed by atoms with Crippen molar-refractivity contribution in [2.45, 2.75) is 24.8 Å². The van der Waals surface area contributed by atoms with Crippen LogP contribution < -0.4 is 10.0 Å². The second-order valence-corrected chi connectivity index (χ2v) is 8.43. The topological polar surface area (TPSA) is 88.2 Å². The third-order valence-corrected chi connectivity index (χ3v) is 5.61. The maximum atomic E-state index is 12.2. The Labute approximate surface area is 141 Å². The van der Waals surface area contributed by atoms with Gasteiger partial charge in [-0.05, 0) is 38.1 Å². The van der Waals surface area contributed by atoms with E-state index >= 15 is 0 Å². The van der Waals surface area contributed by atoms with Crippen molar-refractivity contribution in [2.75, 3.05) is 5.32 Å². The molecule has 1 heterocycles. The van der Waals surface area contributed by atoms with Crippen LogP contribution in [0.2, 0.25) is 0 Å². The molecule has 0 unspecified atom stereocenters. The maximum absolute atomic E-state index is 12.2. The summed E-state index contributed by atoms with van der Waals surface area (Å²) in [4.78, 5) is 17.1. The molecule has 0 aliphatic rings. The van der Waals surface area contributed by atoms with Crippen LogP contribution in [0.3, 0.4) is 0 Å². The predicted octanol–water partition coefficient (Wildman–Crippen LogP) is 2.52. The minimum atomic E-state index is -3.76. The van der Waals surface area contributed by atoms with E-state index in [1.165, 1.54) is 30.4 Å². The van der Waals surface area contributed by atoms with Crippen molar-refractivity contribution in [3.63, 3.8) is 0 Å². The van der Waals surface area contributed by atoms with Gasteiger partial charge in [-0.3, -0.25) is 4.79 Å². The lowest BCUT2D eigenvalue weighted by atomic mass is 10.3. The van der Waals surface area contributed by atoms with Gasteiger partial charge in [-0.25, -0.2) is 13.4 Å². The summed E-state index contributed by atoms with van der Waals surface area (Å²) < 4.78 is 27.5. The minimum absolute atomic E-state index is 0.0976. The summed E-state index contributed by atoms with van der Waals surface area (Å²) >= 11 is 4.56. The number of thiazole rings is 1. The molecule has 1 amide bonds. The minimum Gasteiger partial charge on any atom is -0.301 e. The number of aryl methyl sites for hydroxylation is 1. The smallest absolute Gasteiger partial charge is 0.244 e. The van der Waals surface area contributed by atoms with Gasteiger partial charge in [0.05, 0.1) is 10.9 Å².